The van der Waals surface area contributed by atoms with Gasteiger partial charge in [-0.3, -0.25) is 14.4 Å². The summed E-state index contributed by atoms with van der Waals surface area (Å²) in [7, 11) is 0. The van der Waals surface area contributed by atoms with E-state index in [9.17, 15) is 19.2 Å². The first-order valence-electron chi connectivity index (χ1n) is 11.7. The van der Waals surface area contributed by atoms with E-state index in [-0.39, 0.29) is 12.6 Å². The Balaban J connectivity index is 3.48. The average Bonchev–Trinajstić information content (AvgIpc) is 2.73. The number of nitrogens with zero attached hydrogens (tertiary/aromatic N) is 1. The lowest BCUT2D eigenvalue weighted by molar-refractivity contribution is -0.143. The zero-order valence-corrected chi connectivity index (χ0v) is 21.5. The minimum atomic E-state index is -1.31. The molecule has 0 saturated heterocycles. The van der Waals surface area contributed by atoms with Crippen LogP contribution in [0.3, 0.4) is 0 Å². The monoisotopic (exact) mass is 486 g/mol. The number of amides is 4. The maximum Gasteiger partial charge on any atom is 0.408 e. The van der Waals surface area contributed by atoms with Crippen LogP contribution in [-0.2, 0) is 19.1 Å². The molecular weight excluding hydrogens is 448 g/mol. The van der Waals surface area contributed by atoms with Crippen LogP contribution in [0.5, 0.6) is 0 Å². The first kappa shape index (κ1) is 29.5. The fraction of sp³-hybridized carbons (Fsp3) is 0.538. The Kier molecular flexibility index (Phi) is 11.3. The SMILES string of the molecule is C#Cc1ccc(C(C(=O)NC(C)C)N(CCCC)C(=O)C(CC(N)=O)NC(=O)OC(C)(C)C)cc1. The smallest absolute Gasteiger partial charge is 0.408 e. The third-order valence-electron chi connectivity index (χ3n) is 4.81. The summed E-state index contributed by atoms with van der Waals surface area (Å²) in [4.78, 5) is 52.6. The summed E-state index contributed by atoms with van der Waals surface area (Å²) in [6, 6.07) is 4.25. The molecule has 9 nitrogen and oxygen atoms in total. The quantitative estimate of drug-likeness (QED) is 0.414. The van der Waals surface area contributed by atoms with Gasteiger partial charge in [-0.25, -0.2) is 4.79 Å². The molecule has 0 bridgehead atoms. The van der Waals surface area contributed by atoms with Crippen LogP contribution in [0.4, 0.5) is 4.79 Å². The van der Waals surface area contributed by atoms with Crippen molar-refractivity contribution in [1.82, 2.24) is 15.5 Å². The predicted octanol–water partition coefficient (Wildman–Crippen LogP) is 2.63. The number of primary amides is 1. The third-order valence-corrected chi connectivity index (χ3v) is 4.81. The molecule has 0 fully saturated rings. The van der Waals surface area contributed by atoms with Gasteiger partial charge in [-0.15, -0.1) is 6.42 Å². The van der Waals surface area contributed by atoms with Gasteiger partial charge >= 0.3 is 6.09 Å². The summed E-state index contributed by atoms with van der Waals surface area (Å²) in [5, 5.41) is 5.31. The number of nitrogens with one attached hydrogen (secondary N) is 2. The van der Waals surface area contributed by atoms with Crippen molar-refractivity contribution < 1.29 is 23.9 Å². The number of hydrogen-bond donors (Lipinski definition) is 3. The normalized spacial score (nSPS) is 12.7. The van der Waals surface area contributed by atoms with Crippen molar-refractivity contribution in [2.24, 2.45) is 5.73 Å². The van der Waals surface area contributed by atoms with Gasteiger partial charge in [0.15, 0.2) is 0 Å². The Labute approximate surface area is 208 Å². The Morgan fingerprint density at radius 3 is 2.17 bits per heavy atom. The molecule has 1 rings (SSSR count). The molecule has 1 aromatic carbocycles. The van der Waals surface area contributed by atoms with Gasteiger partial charge in [0.05, 0.1) is 6.42 Å². The number of benzene rings is 1. The van der Waals surface area contributed by atoms with Crippen molar-refractivity contribution in [3.63, 3.8) is 0 Å². The Morgan fingerprint density at radius 1 is 1.11 bits per heavy atom. The number of rotatable bonds is 11. The highest BCUT2D eigenvalue weighted by molar-refractivity contribution is 5.94. The Morgan fingerprint density at radius 2 is 1.71 bits per heavy atom. The van der Waals surface area contributed by atoms with Crippen LogP contribution in [-0.4, -0.2) is 52.9 Å². The molecule has 0 aliphatic rings. The average molecular weight is 487 g/mol. The van der Waals surface area contributed by atoms with Crippen molar-refractivity contribution in [2.45, 2.75) is 84.5 Å². The van der Waals surface area contributed by atoms with E-state index in [1.54, 1.807) is 45.0 Å². The van der Waals surface area contributed by atoms with Crippen molar-refractivity contribution in [1.29, 1.82) is 0 Å². The molecule has 0 saturated carbocycles. The third kappa shape index (κ3) is 10.1. The van der Waals surface area contributed by atoms with Gasteiger partial charge in [0.25, 0.3) is 0 Å². The minimum absolute atomic E-state index is 0.181. The molecule has 0 radical (unpaired) electrons. The second-order valence-electron chi connectivity index (χ2n) is 9.59. The molecule has 9 heteroatoms. The van der Waals surface area contributed by atoms with E-state index in [0.29, 0.717) is 17.5 Å². The van der Waals surface area contributed by atoms with Crippen LogP contribution in [0, 0.1) is 12.3 Å². The van der Waals surface area contributed by atoms with Crippen LogP contribution in [0.2, 0.25) is 0 Å². The number of alkyl carbamates (subject to hydrolysis) is 1. The molecule has 0 heterocycles. The number of unbranched alkanes of at least 4 members (excludes halogenated alkanes) is 1. The summed E-state index contributed by atoms with van der Waals surface area (Å²) < 4.78 is 5.26. The number of carbonyl (C=O) groups excluding carboxylic acids is 4. The Hall–Kier alpha value is -3.54. The number of nitrogens with two attached hydrogens (primary N) is 1. The van der Waals surface area contributed by atoms with Gasteiger partial charge in [-0.2, -0.15) is 0 Å². The topological polar surface area (TPSA) is 131 Å². The highest BCUT2D eigenvalue weighted by Crippen LogP contribution is 2.24. The van der Waals surface area contributed by atoms with Gasteiger partial charge < -0.3 is 26.0 Å². The van der Waals surface area contributed by atoms with Crippen LogP contribution in [0.1, 0.15) is 78.0 Å². The Bertz CT molecular complexity index is 929. The van der Waals surface area contributed by atoms with Crippen LogP contribution < -0.4 is 16.4 Å². The summed E-state index contributed by atoms with van der Waals surface area (Å²) in [5.41, 5.74) is 5.73. The molecule has 4 N–H and O–H groups in total. The standard InChI is InChI=1S/C26H38N4O5/c1-8-10-15-30(24(33)20(16-21(27)31)29-25(34)35-26(5,6)7)22(23(32)28-17(3)4)19-13-11-18(9-2)12-14-19/h2,11-14,17,20,22H,8,10,15-16H2,1,3-7H3,(H2,27,31)(H,28,32)(H,29,34). The lowest BCUT2D eigenvalue weighted by Gasteiger charge is -2.34. The fourth-order valence-electron chi connectivity index (χ4n) is 3.34. The highest BCUT2D eigenvalue weighted by atomic mass is 16.6. The van der Waals surface area contributed by atoms with E-state index in [4.69, 9.17) is 16.9 Å². The van der Waals surface area contributed by atoms with Gasteiger partial charge in [0, 0.05) is 18.2 Å². The van der Waals surface area contributed by atoms with E-state index < -0.39 is 47.9 Å². The zero-order valence-electron chi connectivity index (χ0n) is 21.5. The van der Waals surface area contributed by atoms with Gasteiger partial charge in [-0.1, -0.05) is 31.4 Å². The number of carbonyl (C=O) groups is 4. The van der Waals surface area contributed by atoms with E-state index in [0.717, 1.165) is 6.42 Å². The van der Waals surface area contributed by atoms with Crippen molar-refractivity contribution in [3.05, 3.63) is 35.4 Å². The number of ether oxygens (including phenoxy) is 1. The molecule has 192 valence electrons. The number of terminal acetylenes is 1. The lowest BCUT2D eigenvalue weighted by Crippen LogP contribution is -2.54. The van der Waals surface area contributed by atoms with Gasteiger partial charge in [0.1, 0.15) is 17.7 Å². The molecule has 0 spiro atoms. The first-order chi connectivity index (χ1) is 16.3. The largest absolute Gasteiger partial charge is 0.444 e. The van der Waals surface area contributed by atoms with E-state index in [1.165, 1.54) is 4.90 Å². The molecule has 4 amide bonds. The first-order valence-corrected chi connectivity index (χ1v) is 11.7. The molecule has 0 aliphatic carbocycles. The van der Waals surface area contributed by atoms with Crippen LogP contribution in [0.15, 0.2) is 24.3 Å². The molecule has 1 aromatic rings. The molecular formula is C26H38N4O5. The van der Waals surface area contributed by atoms with Crippen molar-refractivity contribution >= 4 is 23.8 Å². The lowest BCUT2D eigenvalue weighted by atomic mass is 10.00. The summed E-state index contributed by atoms with van der Waals surface area (Å²) >= 11 is 0. The van der Waals surface area contributed by atoms with E-state index in [1.807, 2.05) is 20.8 Å². The summed E-state index contributed by atoms with van der Waals surface area (Å²) in [6.45, 7) is 10.8. The highest BCUT2D eigenvalue weighted by Gasteiger charge is 2.36. The molecule has 35 heavy (non-hydrogen) atoms. The maximum absolute atomic E-state index is 13.7. The van der Waals surface area contributed by atoms with Crippen LogP contribution in [0.25, 0.3) is 0 Å². The van der Waals surface area contributed by atoms with E-state index >= 15 is 0 Å². The van der Waals surface area contributed by atoms with Gasteiger partial charge in [0.2, 0.25) is 17.7 Å². The summed E-state index contributed by atoms with van der Waals surface area (Å²) in [6.07, 6.45) is 5.49. The second-order valence-corrected chi connectivity index (χ2v) is 9.59. The van der Waals surface area contributed by atoms with Crippen molar-refractivity contribution in [2.75, 3.05) is 6.54 Å². The minimum Gasteiger partial charge on any atom is -0.444 e. The predicted molar refractivity (Wildman–Crippen MR) is 134 cm³/mol. The van der Waals surface area contributed by atoms with Crippen molar-refractivity contribution in [3.8, 4) is 12.3 Å². The van der Waals surface area contributed by atoms with E-state index in [2.05, 4.69) is 16.6 Å². The molecule has 0 aromatic heterocycles. The molecule has 2 atom stereocenters. The molecule has 2 unspecified atom stereocenters. The maximum atomic E-state index is 13.7. The van der Waals surface area contributed by atoms with Crippen LogP contribution >= 0.6 is 0 Å². The van der Waals surface area contributed by atoms with Gasteiger partial charge in [-0.05, 0) is 58.7 Å². The second kappa shape index (κ2) is 13.4. The summed E-state index contributed by atoms with van der Waals surface area (Å²) in [5.74, 6) is 0.733. The molecule has 0 aliphatic heterocycles. The zero-order chi connectivity index (χ0) is 26.8. The number of hydrogen-bond acceptors (Lipinski definition) is 5. The fourth-order valence-corrected chi connectivity index (χ4v) is 3.34.